The highest BCUT2D eigenvalue weighted by atomic mass is 79.9. The second kappa shape index (κ2) is 13.8. The van der Waals surface area contributed by atoms with Crippen LogP contribution in [0.5, 0.6) is 5.75 Å². The molecule has 10 heteroatoms. The van der Waals surface area contributed by atoms with Crippen LogP contribution in [-0.2, 0) is 26.2 Å². The minimum atomic E-state index is -4.15. The van der Waals surface area contributed by atoms with Crippen LogP contribution in [-0.4, -0.2) is 51.4 Å². The lowest BCUT2D eigenvalue weighted by molar-refractivity contribution is -0.139. The van der Waals surface area contributed by atoms with E-state index in [9.17, 15) is 18.0 Å². The van der Waals surface area contributed by atoms with Crippen LogP contribution >= 0.6 is 15.9 Å². The first-order valence-electron chi connectivity index (χ1n) is 13.0. The number of nitrogens with one attached hydrogen (secondary N) is 1. The quantitative estimate of drug-likeness (QED) is 0.299. The van der Waals surface area contributed by atoms with Crippen molar-refractivity contribution in [2.24, 2.45) is 5.92 Å². The zero-order valence-corrected chi connectivity index (χ0v) is 25.8. The largest absolute Gasteiger partial charge is 0.497 e. The van der Waals surface area contributed by atoms with Crippen LogP contribution in [0.25, 0.3) is 0 Å². The van der Waals surface area contributed by atoms with Crippen LogP contribution in [0.2, 0.25) is 0 Å². The molecule has 0 aliphatic rings. The van der Waals surface area contributed by atoms with Crippen molar-refractivity contribution in [3.63, 3.8) is 0 Å². The van der Waals surface area contributed by atoms with E-state index >= 15 is 0 Å². The highest BCUT2D eigenvalue weighted by molar-refractivity contribution is 9.10. The molecule has 3 aromatic rings. The Morgan fingerprint density at radius 1 is 0.975 bits per heavy atom. The molecule has 0 aliphatic heterocycles. The zero-order valence-electron chi connectivity index (χ0n) is 23.4. The van der Waals surface area contributed by atoms with Crippen LogP contribution in [0.4, 0.5) is 5.69 Å². The summed E-state index contributed by atoms with van der Waals surface area (Å²) in [6, 6.07) is 19.5. The molecule has 0 saturated carbocycles. The number of ether oxygens (including phenoxy) is 1. The average molecular weight is 631 g/mol. The van der Waals surface area contributed by atoms with Gasteiger partial charge < -0.3 is 15.0 Å². The van der Waals surface area contributed by atoms with Crippen LogP contribution in [0, 0.1) is 12.8 Å². The van der Waals surface area contributed by atoms with E-state index < -0.39 is 28.5 Å². The van der Waals surface area contributed by atoms with E-state index in [4.69, 9.17) is 4.74 Å². The summed E-state index contributed by atoms with van der Waals surface area (Å²) >= 11 is 3.46. The molecule has 0 aliphatic carbocycles. The van der Waals surface area contributed by atoms with Gasteiger partial charge >= 0.3 is 0 Å². The molecule has 0 bridgehead atoms. The second-order valence-corrected chi connectivity index (χ2v) is 12.8. The van der Waals surface area contributed by atoms with Crippen LogP contribution in [0.15, 0.2) is 82.2 Å². The van der Waals surface area contributed by atoms with Crippen molar-refractivity contribution in [1.82, 2.24) is 10.2 Å². The van der Waals surface area contributed by atoms with Gasteiger partial charge in [-0.15, -0.1) is 0 Å². The minimum absolute atomic E-state index is 0.0166. The van der Waals surface area contributed by atoms with E-state index in [1.807, 2.05) is 45.0 Å². The minimum Gasteiger partial charge on any atom is -0.497 e. The molecule has 40 heavy (non-hydrogen) atoms. The maximum Gasteiger partial charge on any atom is 0.264 e. The predicted octanol–water partition coefficient (Wildman–Crippen LogP) is 5.15. The van der Waals surface area contributed by atoms with Gasteiger partial charge in [0.2, 0.25) is 11.8 Å². The van der Waals surface area contributed by atoms with Crippen molar-refractivity contribution in [1.29, 1.82) is 0 Å². The van der Waals surface area contributed by atoms with Crippen molar-refractivity contribution in [2.75, 3.05) is 24.5 Å². The fourth-order valence-electron chi connectivity index (χ4n) is 3.98. The lowest BCUT2D eigenvalue weighted by Crippen LogP contribution is -2.51. The molecule has 0 saturated heterocycles. The highest BCUT2D eigenvalue weighted by Crippen LogP contribution is 2.26. The van der Waals surface area contributed by atoms with E-state index in [0.29, 0.717) is 18.0 Å². The fraction of sp³-hybridized carbons (Fsp3) is 0.333. The molecule has 1 N–H and O–H groups in total. The van der Waals surface area contributed by atoms with Gasteiger partial charge in [0.05, 0.1) is 17.7 Å². The summed E-state index contributed by atoms with van der Waals surface area (Å²) in [6.07, 6.45) is 0. The number of aryl methyl sites for hydroxylation is 1. The Kier molecular flexibility index (Phi) is 10.8. The monoisotopic (exact) mass is 629 g/mol. The molecule has 0 spiro atoms. The third-order valence-electron chi connectivity index (χ3n) is 6.34. The van der Waals surface area contributed by atoms with Crippen molar-refractivity contribution in [3.8, 4) is 5.75 Å². The normalized spacial score (nSPS) is 12.1. The van der Waals surface area contributed by atoms with Crippen LogP contribution in [0.1, 0.15) is 31.9 Å². The summed E-state index contributed by atoms with van der Waals surface area (Å²) in [6.45, 7) is 7.61. The molecular weight excluding hydrogens is 594 g/mol. The lowest BCUT2D eigenvalue weighted by atomic mass is 10.1. The molecule has 2 amide bonds. The van der Waals surface area contributed by atoms with E-state index in [-0.39, 0.29) is 23.3 Å². The maximum atomic E-state index is 14.0. The van der Waals surface area contributed by atoms with E-state index in [2.05, 4.69) is 21.2 Å². The first-order valence-corrected chi connectivity index (χ1v) is 15.2. The summed E-state index contributed by atoms with van der Waals surface area (Å²) in [5, 5.41) is 2.89. The first-order chi connectivity index (χ1) is 18.9. The number of hydrogen-bond donors (Lipinski definition) is 1. The number of hydrogen-bond acceptors (Lipinski definition) is 5. The van der Waals surface area contributed by atoms with Gasteiger partial charge in [0.1, 0.15) is 18.3 Å². The summed E-state index contributed by atoms with van der Waals surface area (Å²) in [5.74, 6) is -0.0721. The van der Waals surface area contributed by atoms with E-state index in [1.54, 1.807) is 43.3 Å². The Hall–Kier alpha value is -3.37. The number of benzene rings is 3. The van der Waals surface area contributed by atoms with E-state index in [1.165, 1.54) is 24.1 Å². The molecule has 0 fully saturated rings. The molecule has 0 aromatic heterocycles. The van der Waals surface area contributed by atoms with Crippen LogP contribution < -0.4 is 14.4 Å². The summed E-state index contributed by atoms with van der Waals surface area (Å²) in [7, 11) is -2.65. The molecule has 0 heterocycles. The van der Waals surface area contributed by atoms with Gasteiger partial charge in [-0.25, -0.2) is 8.42 Å². The number of methoxy groups -OCH3 is 1. The van der Waals surface area contributed by atoms with Crippen molar-refractivity contribution < 1.29 is 22.7 Å². The molecule has 3 rings (SSSR count). The number of carbonyl (C=O) groups excluding carboxylic acids is 2. The molecule has 214 valence electrons. The van der Waals surface area contributed by atoms with Crippen molar-refractivity contribution in [3.05, 3.63) is 88.4 Å². The smallest absolute Gasteiger partial charge is 0.264 e. The fourth-order valence-corrected chi connectivity index (χ4v) is 5.84. The summed E-state index contributed by atoms with van der Waals surface area (Å²) in [5.41, 5.74) is 2.09. The number of amides is 2. The Morgan fingerprint density at radius 3 is 2.20 bits per heavy atom. The SMILES string of the molecule is COc1ccc(S(=O)(=O)N(CC(=O)N(Cc2cccc(Br)c2)C(C)C(=O)NCC(C)C)c2ccc(C)cc2)cc1. The Balaban J connectivity index is 2.01. The molecule has 1 unspecified atom stereocenters. The molecule has 0 radical (unpaired) electrons. The number of sulfonamides is 1. The third kappa shape index (κ3) is 8.08. The molecule has 1 atom stereocenters. The summed E-state index contributed by atoms with van der Waals surface area (Å²) in [4.78, 5) is 28.5. The topological polar surface area (TPSA) is 96.0 Å². The standard InChI is InChI=1S/C30H36BrN3O5S/c1-21(2)18-32-30(36)23(4)33(19-24-7-6-8-25(31)17-24)29(35)20-34(26-11-9-22(3)10-12-26)40(37,38)28-15-13-27(39-5)14-16-28/h6-17,21,23H,18-20H2,1-5H3,(H,32,36). The first kappa shape index (κ1) is 31.2. The predicted molar refractivity (Wildman–Crippen MR) is 161 cm³/mol. The van der Waals surface area contributed by atoms with Gasteiger partial charge in [0.15, 0.2) is 0 Å². The second-order valence-electron chi connectivity index (χ2n) is 9.99. The number of anilines is 1. The third-order valence-corrected chi connectivity index (χ3v) is 8.62. The van der Waals surface area contributed by atoms with Gasteiger partial charge in [0.25, 0.3) is 10.0 Å². The average Bonchev–Trinajstić information content (AvgIpc) is 2.93. The highest BCUT2D eigenvalue weighted by Gasteiger charge is 2.32. The Morgan fingerprint density at radius 2 is 1.62 bits per heavy atom. The van der Waals surface area contributed by atoms with Crippen molar-refractivity contribution >= 4 is 43.5 Å². The van der Waals surface area contributed by atoms with Gasteiger partial charge in [-0.05, 0) is 73.9 Å². The van der Waals surface area contributed by atoms with Crippen LogP contribution in [0.3, 0.4) is 0 Å². The zero-order chi connectivity index (χ0) is 29.4. The molecular formula is C30H36BrN3O5S. The number of rotatable bonds is 12. The molecule has 8 nitrogen and oxygen atoms in total. The Bertz CT molecular complexity index is 1410. The van der Waals surface area contributed by atoms with E-state index in [0.717, 1.165) is 19.9 Å². The maximum absolute atomic E-state index is 14.0. The Labute approximate surface area is 245 Å². The van der Waals surface area contributed by atoms with Gasteiger partial charge in [0, 0.05) is 17.6 Å². The summed E-state index contributed by atoms with van der Waals surface area (Å²) < 4.78 is 34.9. The van der Waals surface area contributed by atoms with Crippen molar-refractivity contribution in [2.45, 2.75) is 45.2 Å². The number of nitrogens with zero attached hydrogens (tertiary/aromatic N) is 2. The van der Waals surface area contributed by atoms with Gasteiger partial charge in [-0.2, -0.15) is 0 Å². The number of carbonyl (C=O) groups is 2. The van der Waals surface area contributed by atoms with Gasteiger partial charge in [-0.1, -0.05) is 59.6 Å². The number of halogens is 1. The molecule has 3 aromatic carbocycles. The lowest BCUT2D eigenvalue weighted by Gasteiger charge is -2.32. The van der Waals surface area contributed by atoms with Gasteiger partial charge in [-0.3, -0.25) is 13.9 Å².